The Morgan fingerprint density at radius 2 is 1.97 bits per heavy atom. The van der Waals surface area contributed by atoms with Gasteiger partial charge in [0.1, 0.15) is 19.0 Å². The lowest BCUT2D eigenvalue weighted by atomic mass is 10.1. The first-order chi connectivity index (χ1) is 14.0. The lowest BCUT2D eigenvalue weighted by Crippen LogP contribution is -2.53. The number of nitrogens with zero attached hydrogens (tertiary/aromatic N) is 1. The van der Waals surface area contributed by atoms with Gasteiger partial charge in [-0.3, -0.25) is 0 Å². The van der Waals surface area contributed by atoms with Crippen molar-refractivity contribution in [1.82, 2.24) is 10.2 Å². The summed E-state index contributed by atoms with van der Waals surface area (Å²) < 4.78 is 39.8. The Hall–Kier alpha value is -2.38. The predicted octanol–water partition coefficient (Wildman–Crippen LogP) is 4.59. The van der Waals surface area contributed by atoms with E-state index in [0.29, 0.717) is 19.6 Å². The maximum absolute atomic E-state index is 14.8. The SMILES string of the molecule is CCC1CNCCN1C(=O)OCc1c(F)ccc(OCc2ccccc2C)c1F.Cl. The summed E-state index contributed by atoms with van der Waals surface area (Å²) in [4.78, 5) is 14.0. The first kappa shape index (κ1) is 23.9. The Labute approximate surface area is 181 Å². The van der Waals surface area contributed by atoms with E-state index in [2.05, 4.69) is 5.32 Å². The van der Waals surface area contributed by atoms with Gasteiger partial charge in [0.2, 0.25) is 0 Å². The fourth-order valence-electron chi connectivity index (χ4n) is 3.33. The van der Waals surface area contributed by atoms with Crippen LogP contribution in [-0.2, 0) is 18.0 Å². The van der Waals surface area contributed by atoms with Crippen LogP contribution in [0, 0.1) is 18.6 Å². The zero-order chi connectivity index (χ0) is 20.8. The second-order valence-corrected chi connectivity index (χ2v) is 7.07. The van der Waals surface area contributed by atoms with E-state index in [1.165, 1.54) is 6.07 Å². The summed E-state index contributed by atoms with van der Waals surface area (Å²) in [5, 5.41) is 3.22. The largest absolute Gasteiger partial charge is 0.486 e. The minimum atomic E-state index is -0.848. The van der Waals surface area contributed by atoms with Gasteiger partial charge in [0, 0.05) is 25.7 Å². The number of rotatable bonds is 6. The average molecular weight is 441 g/mol. The number of hydrogen-bond acceptors (Lipinski definition) is 4. The average Bonchev–Trinajstić information content (AvgIpc) is 2.74. The molecule has 30 heavy (non-hydrogen) atoms. The van der Waals surface area contributed by atoms with E-state index in [-0.39, 0.29) is 36.4 Å². The summed E-state index contributed by atoms with van der Waals surface area (Å²) in [6.45, 7) is 5.43. The predicted molar refractivity (Wildman–Crippen MR) is 113 cm³/mol. The molecule has 1 aliphatic rings. The molecule has 1 aliphatic heterocycles. The number of piperazine rings is 1. The highest BCUT2D eigenvalue weighted by Crippen LogP contribution is 2.25. The molecule has 0 aromatic heterocycles. The van der Waals surface area contributed by atoms with Crippen LogP contribution in [-0.4, -0.2) is 36.7 Å². The number of carbonyl (C=O) groups excluding carboxylic acids is 1. The Kier molecular flexibility index (Phi) is 8.87. The van der Waals surface area contributed by atoms with Gasteiger partial charge in [0.15, 0.2) is 11.6 Å². The molecular weight excluding hydrogens is 414 g/mol. The molecule has 0 spiro atoms. The fraction of sp³-hybridized carbons (Fsp3) is 0.409. The van der Waals surface area contributed by atoms with Crippen molar-refractivity contribution < 1.29 is 23.0 Å². The van der Waals surface area contributed by atoms with E-state index in [4.69, 9.17) is 9.47 Å². The lowest BCUT2D eigenvalue weighted by Gasteiger charge is -2.34. The molecule has 5 nitrogen and oxygen atoms in total. The maximum Gasteiger partial charge on any atom is 0.410 e. The van der Waals surface area contributed by atoms with Crippen LogP contribution in [0.1, 0.15) is 30.0 Å². The minimum Gasteiger partial charge on any atom is -0.486 e. The number of halogens is 3. The van der Waals surface area contributed by atoms with Gasteiger partial charge in [-0.15, -0.1) is 12.4 Å². The van der Waals surface area contributed by atoms with Gasteiger partial charge in [-0.1, -0.05) is 31.2 Å². The molecule has 2 aromatic carbocycles. The van der Waals surface area contributed by atoms with Crippen LogP contribution in [0.2, 0.25) is 0 Å². The summed E-state index contributed by atoms with van der Waals surface area (Å²) >= 11 is 0. The van der Waals surface area contributed by atoms with E-state index in [0.717, 1.165) is 23.6 Å². The summed E-state index contributed by atoms with van der Waals surface area (Å²) in [7, 11) is 0. The van der Waals surface area contributed by atoms with E-state index in [1.807, 2.05) is 38.1 Å². The fourth-order valence-corrected chi connectivity index (χ4v) is 3.33. The molecule has 1 atom stereocenters. The molecule has 1 N–H and O–H groups in total. The van der Waals surface area contributed by atoms with Gasteiger partial charge < -0.3 is 19.7 Å². The van der Waals surface area contributed by atoms with Crippen LogP contribution in [0.15, 0.2) is 36.4 Å². The topological polar surface area (TPSA) is 50.8 Å². The van der Waals surface area contributed by atoms with Crippen molar-refractivity contribution in [3.05, 3.63) is 64.7 Å². The number of ether oxygens (including phenoxy) is 2. The summed E-state index contributed by atoms with van der Waals surface area (Å²) in [5.74, 6) is -1.70. The van der Waals surface area contributed by atoms with Gasteiger partial charge in [-0.25, -0.2) is 13.6 Å². The third-order valence-electron chi connectivity index (χ3n) is 5.19. The number of hydrogen-bond donors (Lipinski definition) is 1. The number of aryl methyl sites for hydroxylation is 1. The normalized spacial score (nSPS) is 16.0. The number of amides is 1. The van der Waals surface area contributed by atoms with Crippen LogP contribution in [0.4, 0.5) is 13.6 Å². The van der Waals surface area contributed by atoms with Gasteiger partial charge in [-0.05, 0) is 36.6 Å². The molecule has 0 saturated carbocycles. The van der Waals surface area contributed by atoms with Crippen molar-refractivity contribution >= 4 is 18.5 Å². The van der Waals surface area contributed by atoms with Crippen LogP contribution in [0.3, 0.4) is 0 Å². The third kappa shape index (κ3) is 5.61. The molecule has 0 bridgehead atoms. The van der Waals surface area contributed by atoms with Crippen molar-refractivity contribution in [2.45, 2.75) is 39.5 Å². The molecule has 1 amide bonds. The number of benzene rings is 2. The van der Waals surface area contributed by atoms with Crippen molar-refractivity contribution in [2.24, 2.45) is 0 Å². The molecule has 3 rings (SSSR count). The summed E-state index contributed by atoms with van der Waals surface area (Å²) in [6.07, 6.45) is 0.205. The summed E-state index contributed by atoms with van der Waals surface area (Å²) in [5.41, 5.74) is 1.61. The standard InChI is InChI=1S/C22H26F2N2O3.ClH/c1-3-17-12-25-10-11-26(17)22(27)29-14-18-19(23)8-9-20(21(18)24)28-13-16-7-5-4-6-15(16)2;/h4-9,17,25H,3,10-14H2,1-2H3;1H. The second-order valence-electron chi connectivity index (χ2n) is 7.07. The third-order valence-corrected chi connectivity index (χ3v) is 5.19. The Balaban J connectivity index is 0.00000320. The van der Waals surface area contributed by atoms with Crippen LogP contribution >= 0.6 is 12.4 Å². The quantitative estimate of drug-likeness (QED) is 0.713. The molecule has 164 valence electrons. The molecule has 1 heterocycles. The summed E-state index contributed by atoms with van der Waals surface area (Å²) in [6, 6.07) is 9.98. The van der Waals surface area contributed by atoms with Gasteiger partial charge in [0.25, 0.3) is 0 Å². The van der Waals surface area contributed by atoms with Crippen molar-refractivity contribution in [3.63, 3.8) is 0 Å². The molecule has 1 unspecified atom stereocenters. The van der Waals surface area contributed by atoms with Crippen molar-refractivity contribution in [3.8, 4) is 5.75 Å². The first-order valence-corrected chi connectivity index (χ1v) is 9.79. The molecular formula is C22H27ClF2N2O3. The monoisotopic (exact) mass is 440 g/mol. The van der Waals surface area contributed by atoms with E-state index < -0.39 is 24.3 Å². The highest BCUT2D eigenvalue weighted by molar-refractivity contribution is 5.85. The zero-order valence-electron chi connectivity index (χ0n) is 17.1. The molecule has 0 radical (unpaired) electrons. The Morgan fingerprint density at radius 3 is 2.70 bits per heavy atom. The molecule has 8 heteroatoms. The van der Waals surface area contributed by atoms with E-state index >= 15 is 0 Å². The second kappa shape index (κ2) is 11.1. The smallest absolute Gasteiger partial charge is 0.410 e. The van der Waals surface area contributed by atoms with Gasteiger partial charge in [-0.2, -0.15) is 0 Å². The van der Waals surface area contributed by atoms with Crippen LogP contribution < -0.4 is 10.1 Å². The van der Waals surface area contributed by atoms with Gasteiger partial charge >= 0.3 is 6.09 Å². The number of carbonyl (C=O) groups is 1. The van der Waals surface area contributed by atoms with Crippen molar-refractivity contribution in [2.75, 3.05) is 19.6 Å². The van der Waals surface area contributed by atoms with Gasteiger partial charge in [0.05, 0.1) is 5.56 Å². The number of nitrogens with one attached hydrogen (secondary N) is 1. The molecule has 1 saturated heterocycles. The Bertz CT molecular complexity index is 866. The first-order valence-electron chi connectivity index (χ1n) is 9.79. The van der Waals surface area contributed by atoms with E-state index in [9.17, 15) is 13.6 Å². The lowest BCUT2D eigenvalue weighted by molar-refractivity contribution is 0.0697. The Morgan fingerprint density at radius 1 is 1.20 bits per heavy atom. The van der Waals surface area contributed by atoms with Crippen molar-refractivity contribution in [1.29, 1.82) is 0 Å². The highest BCUT2D eigenvalue weighted by atomic mass is 35.5. The van der Waals surface area contributed by atoms with Crippen LogP contribution in [0.5, 0.6) is 5.75 Å². The van der Waals surface area contributed by atoms with E-state index in [1.54, 1.807) is 4.90 Å². The van der Waals surface area contributed by atoms with Crippen LogP contribution in [0.25, 0.3) is 0 Å². The maximum atomic E-state index is 14.8. The molecule has 1 fully saturated rings. The molecule has 0 aliphatic carbocycles. The zero-order valence-corrected chi connectivity index (χ0v) is 17.9. The molecule has 2 aromatic rings. The highest BCUT2D eigenvalue weighted by Gasteiger charge is 2.27. The minimum absolute atomic E-state index is 0.